The van der Waals surface area contributed by atoms with E-state index in [2.05, 4.69) is 10.6 Å². The number of nitrogens with one attached hydrogen (secondary N) is 2. The molecule has 0 aliphatic carbocycles. The molecular formula is C27H39F3N4O5. The van der Waals surface area contributed by atoms with Crippen molar-refractivity contribution in [3.8, 4) is 0 Å². The van der Waals surface area contributed by atoms with Gasteiger partial charge in [0.1, 0.15) is 6.04 Å². The van der Waals surface area contributed by atoms with E-state index in [1.54, 1.807) is 4.90 Å². The lowest BCUT2D eigenvalue weighted by Crippen LogP contribution is -2.58. The summed E-state index contributed by atoms with van der Waals surface area (Å²) in [6.45, 7) is 8.16. The summed E-state index contributed by atoms with van der Waals surface area (Å²) in [6, 6.07) is 2.94. The topological polar surface area (TPSA) is 119 Å². The van der Waals surface area contributed by atoms with E-state index >= 15 is 0 Å². The predicted molar refractivity (Wildman–Crippen MR) is 137 cm³/mol. The molecule has 1 aromatic carbocycles. The molecule has 218 valence electrons. The molecule has 0 bridgehead atoms. The number of piperidine rings is 1. The van der Waals surface area contributed by atoms with Crippen molar-refractivity contribution in [2.45, 2.75) is 78.1 Å². The van der Waals surface area contributed by atoms with Crippen LogP contribution in [0.2, 0.25) is 0 Å². The molecular weight excluding hydrogens is 517 g/mol. The summed E-state index contributed by atoms with van der Waals surface area (Å²) in [6.07, 6.45) is -1.79. The van der Waals surface area contributed by atoms with Gasteiger partial charge in [0, 0.05) is 37.2 Å². The van der Waals surface area contributed by atoms with Crippen molar-refractivity contribution < 1.29 is 37.6 Å². The number of nitrogens with zero attached hydrogens (tertiary/aromatic N) is 2. The molecule has 39 heavy (non-hydrogen) atoms. The van der Waals surface area contributed by atoms with Gasteiger partial charge >= 0.3 is 6.18 Å². The number of carbonyl (C=O) groups excluding carboxylic acids is 4. The number of halogens is 3. The smallest absolute Gasteiger partial charge is 0.349 e. The number of alkyl halides is 3. The van der Waals surface area contributed by atoms with Crippen molar-refractivity contribution in [1.82, 2.24) is 20.6 Å². The minimum absolute atomic E-state index is 0.00141. The van der Waals surface area contributed by atoms with Gasteiger partial charge in [-0.15, -0.1) is 0 Å². The maximum absolute atomic E-state index is 13.5. The second kappa shape index (κ2) is 13.8. The molecule has 2 unspecified atom stereocenters. The molecule has 1 aliphatic heterocycles. The van der Waals surface area contributed by atoms with E-state index in [4.69, 9.17) is 0 Å². The van der Waals surface area contributed by atoms with Gasteiger partial charge in [-0.25, -0.2) is 5.06 Å². The van der Waals surface area contributed by atoms with Gasteiger partial charge in [-0.05, 0) is 55.4 Å². The molecule has 2 atom stereocenters. The predicted octanol–water partition coefficient (Wildman–Crippen LogP) is 3.61. The maximum atomic E-state index is 13.5. The molecule has 1 fully saturated rings. The Bertz CT molecular complexity index is 987. The molecule has 0 saturated carbocycles. The van der Waals surface area contributed by atoms with E-state index in [-0.39, 0.29) is 42.8 Å². The highest BCUT2D eigenvalue weighted by atomic mass is 19.4. The van der Waals surface area contributed by atoms with Crippen molar-refractivity contribution >= 4 is 24.1 Å². The highest BCUT2D eigenvalue weighted by Crippen LogP contribution is 2.29. The van der Waals surface area contributed by atoms with Crippen LogP contribution in [0.3, 0.4) is 0 Å². The maximum Gasteiger partial charge on any atom is 0.416 e. The molecule has 3 N–H and O–H groups in total. The Labute approximate surface area is 227 Å². The Morgan fingerprint density at radius 2 is 1.69 bits per heavy atom. The van der Waals surface area contributed by atoms with Crippen LogP contribution in [0.5, 0.6) is 0 Å². The minimum atomic E-state index is -4.48. The molecule has 12 heteroatoms. The summed E-state index contributed by atoms with van der Waals surface area (Å²) in [5.74, 6) is -1.52. The average Bonchev–Trinajstić information content (AvgIpc) is 2.88. The van der Waals surface area contributed by atoms with E-state index in [0.29, 0.717) is 43.8 Å². The largest absolute Gasteiger partial charge is 0.416 e. The third kappa shape index (κ3) is 9.52. The van der Waals surface area contributed by atoms with Crippen molar-refractivity contribution in [3.63, 3.8) is 0 Å². The van der Waals surface area contributed by atoms with E-state index < -0.39 is 35.0 Å². The van der Waals surface area contributed by atoms with Gasteiger partial charge in [0.05, 0.1) is 5.56 Å². The van der Waals surface area contributed by atoms with Crippen LogP contribution < -0.4 is 10.6 Å². The SMILES string of the molecule is CCCC(CCN(O)C=O)C(=O)NC(C(=O)N1CCC(NC(=O)c2ccc(C(F)(F)F)cc2)CC1)C(C)(C)C. The zero-order valence-corrected chi connectivity index (χ0v) is 22.9. The van der Waals surface area contributed by atoms with Crippen molar-refractivity contribution in [2.24, 2.45) is 11.3 Å². The third-order valence-corrected chi connectivity index (χ3v) is 6.85. The second-order valence-electron chi connectivity index (χ2n) is 11.0. The van der Waals surface area contributed by atoms with Crippen LogP contribution in [0.4, 0.5) is 13.2 Å². The van der Waals surface area contributed by atoms with Crippen molar-refractivity contribution in [1.29, 1.82) is 0 Å². The molecule has 0 radical (unpaired) electrons. The average molecular weight is 557 g/mol. The zero-order valence-electron chi connectivity index (χ0n) is 22.9. The van der Waals surface area contributed by atoms with Crippen LogP contribution >= 0.6 is 0 Å². The molecule has 1 heterocycles. The lowest BCUT2D eigenvalue weighted by atomic mass is 9.84. The number of hydrogen-bond acceptors (Lipinski definition) is 5. The number of hydroxylamine groups is 2. The first-order chi connectivity index (χ1) is 18.2. The summed E-state index contributed by atoms with van der Waals surface area (Å²) in [5, 5.41) is 15.6. The molecule has 9 nitrogen and oxygen atoms in total. The monoisotopic (exact) mass is 556 g/mol. The van der Waals surface area contributed by atoms with Crippen molar-refractivity contribution in [3.05, 3.63) is 35.4 Å². The molecule has 0 aromatic heterocycles. The third-order valence-electron chi connectivity index (χ3n) is 6.85. The lowest BCUT2D eigenvalue weighted by Gasteiger charge is -2.39. The molecule has 1 aromatic rings. The highest BCUT2D eigenvalue weighted by Gasteiger charge is 2.38. The van der Waals surface area contributed by atoms with Gasteiger partial charge in [0.15, 0.2) is 0 Å². The Balaban J connectivity index is 1.98. The number of rotatable bonds is 11. The quantitative estimate of drug-likeness (QED) is 0.219. The van der Waals surface area contributed by atoms with E-state index in [9.17, 15) is 37.6 Å². The fraction of sp³-hybridized carbons (Fsp3) is 0.630. The fourth-order valence-corrected chi connectivity index (χ4v) is 4.51. The van der Waals surface area contributed by atoms with E-state index in [1.165, 1.54) is 0 Å². The first-order valence-electron chi connectivity index (χ1n) is 13.2. The summed E-state index contributed by atoms with van der Waals surface area (Å²) in [4.78, 5) is 51.4. The van der Waals surface area contributed by atoms with Gasteiger partial charge in [-0.1, -0.05) is 34.1 Å². The number of amides is 4. The van der Waals surface area contributed by atoms with Crippen LogP contribution in [-0.2, 0) is 20.6 Å². The lowest BCUT2D eigenvalue weighted by molar-refractivity contribution is -0.151. The Morgan fingerprint density at radius 1 is 1.10 bits per heavy atom. The highest BCUT2D eigenvalue weighted by molar-refractivity contribution is 5.94. The fourth-order valence-electron chi connectivity index (χ4n) is 4.51. The second-order valence-corrected chi connectivity index (χ2v) is 11.0. The Kier molecular flexibility index (Phi) is 11.3. The molecule has 0 spiro atoms. The zero-order chi connectivity index (χ0) is 29.4. The van der Waals surface area contributed by atoms with Crippen LogP contribution in [-0.4, -0.2) is 71.0 Å². The summed E-state index contributed by atoms with van der Waals surface area (Å²) >= 11 is 0. The van der Waals surface area contributed by atoms with Crippen molar-refractivity contribution in [2.75, 3.05) is 19.6 Å². The van der Waals surface area contributed by atoms with Gasteiger partial charge in [-0.2, -0.15) is 13.2 Å². The number of benzene rings is 1. The summed E-state index contributed by atoms with van der Waals surface area (Å²) in [7, 11) is 0. The summed E-state index contributed by atoms with van der Waals surface area (Å²) < 4.78 is 38.3. The molecule has 4 amide bonds. The van der Waals surface area contributed by atoms with Crippen LogP contribution in [0.25, 0.3) is 0 Å². The molecule has 2 rings (SSSR count). The minimum Gasteiger partial charge on any atom is -0.349 e. The first kappa shape index (κ1) is 32.1. The van der Waals surface area contributed by atoms with Crippen LogP contribution in [0, 0.1) is 11.3 Å². The van der Waals surface area contributed by atoms with E-state index in [0.717, 1.165) is 24.3 Å². The summed E-state index contributed by atoms with van der Waals surface area (Å²) in [5.41, 5.74) is -1.30. The number of hydrogen-bond donors (Lipinski definition) is 3. The molecule has 1 saturated heterocycles. The van der Waals surface area contributed by atoms with Crippen LogP contribution in [0.1, 0.15) is 75.7 Å². The van der Waals surface area contributed by atoms with Gasteiger partial charge in [0.25, 0.3) is 5.91 Å². The molecule has 1 aliphatic rings. The normalized spacial score (nSPS) is 16.3. The van der Waals surface area contributed by atoms with Gasteiger partial charge in [-0.3, -0.25) is 24.4 Å². The van der Waals surface area contributed by atoms with Gasteiger partial charge in [0.2, 0.25) is 18.2 Å². The number of carbonyl (C=O) groups is 4. The standard InChI is InChI=1S/C27H39F3N4O5/c1-5-6-18(11-16-34(39)17-35)24(37)32-22(26(2,3)4)25(38)33-14-12-21(13-15-33)31-23(36)19-7-9-20(10-8-19)27(28,29)30/h7-10,17-18,21-22,39H,5-6,11-16H2,1-4H3,(H,31,36)(H,32,37). The Morgan fingerprint density at radius 3 is 2.18 bits per heavy atom. The Hall–Kier alpha value is -3.15. The van der Waals surface area contributed by atoms with E-state index in [1.807, 2.05) is 27.7 Å². The first-order valence-corrected chi connectivity index (χ1v) is 13.2. The van der Waals surface area contributed by atoms with Gasteiger partial charge < -0.3 is 15.5 Å². The number of likely N-dealkylation sites (tertiary alicyclic amines) is 1. The van der Waals surface area contributed by atoms with Crippen LogP contribution in [0.15, 0.2) is 24.3 Å².